The molecule has 2 rings (SSSR count). The predicted molar refractivity (Wildman–Crippen MR) is 73.0 cm³/mol. The zero-order valence-corrected chi connectivity index (χ0v) is 11.3. The van der Waals surface area contributed by atoms with Crippen LogP contribution in [0.5, 0.6) is 0 Å². The third kappa shape index (κ3) is 3.30. The Bertz CT molecular complexity index is 373. The molecule has 0 unspecified atom stereocenters. The maximum atomic E-state index is 14.0. The second-order valence-corrected chi connectivity index (χ2v) is 5.45. The van der Waals surface area contributed by atoms with Crippen molar-refractivity contribution in [3.05, 3.63) is 35.6 Å². The first-order valence-corrected chi connectivity index (χ1v) is 6.87. The van der Waals surface area contributed by atoms with Gasteiger partial charge in [-0.05, 0) is 18.4 Å². The summed E-state index contributed by atoms with van der Waals surface area (Å²) >= 11 is 0. The molecule has 1 aromatic rings. The number of hydrogen-bond donors (Lipinski definition) is 1. The molecule has 1 saturated heterocycles. The number of piperazine rings is 1. The van der Waals surface area contributed by atoms with Gasteiger partial charge in [0.25, 0.3) is 0 Å². The van der Waals surface area contributed by atoms with Crippen molar-refractivity contribution in [3.8, 4) is 0 Å². The number of nitrogens with one attached hydrogen (secondary N) is 1. The van der Waals surface area contributed by atoms with E-state index in [4.69, 9.17) is 0 Å². The zero-order valence-electron chi connectivity index (χ0n) is 11.3. The second kappa shape index (κ2) is 6.30. The van der Waals surface area contributed by atoms with Crippen molar-refractivity contribution in [1.29, 1.82) is 0 Å². The number of halogens is 1. The van der Waals surface area contributed by atoms with Gasteiger partial charge in [0.05, 0.1) is 0 Å². The molecule has 1 fully saturated rings. The average molecular weight is 250 g/mol. The molecule has 2 nitrogen and oxygen atoms in total. The summed E-state index contributed by atoms with van der Waals surface area (Å²) in [6.07, 6.45) is 1.01. The predicted octanol–water partition coefficient (Wildman–Crippen LogP) is 2.82. The lowest BCUT2D eigenvalue weighted by Gasteiger charge is -2.36. The molecule has 0 aromatic heterocycles. The molecule has 1 aliphatic rings. The van der Waals surface area contributed by atoms with Gasteiger partial charge in [-0.3, -0.25) is 4.90 Å². The Kier molecular flexibility index (Phi) is 4.72. The van der Waals surface area contributed by atoms with E-state index < -0.39 is 0 Å². The first-order valence-electron chi connectivity index (χ1n) is 6.87. The highest BCUT2D eigenvalue weighted by Crippen LogP contribution is 2.29. The molecule has 0 spiro atoms. The summed E-state index contributed by atoms with van der Waals surface area (Å²) in [6.45, 7) is 8.43. The molecular formula is C15H23FN2. The first-order chi connectivity index (χ1) is 8.68. The Hall–Kier alpha value is -0.930. The van der Waals surface area contributed by atoms with Crippen molar-refractivity contribution >= 4 is 0 Å². The van der Waals surface area contributed by atoms with E-state index in [2.05, 4.69) is 24.1 Å². The van der Waals surface area contributed by atoms with Crippen molar-refractivity contribution in [2.24, 2.45) is 5.92 Å². The van der Waals surface area contributed by atoms with Crippen LogP contribution in [0.3, 0.4) is 0 Å². The van der Waals surface area contributed by atoms with E-state index in [1.165, 1.54) is 0 Å². The minimum Gasteiger partial charge on any atom is -0.314 e. The van der Waals surface area contributed by atoms with Crippen LogP contribution in [0.15, 0.2) is 24.3 Å². The van der Waals surface area contributed by atoms with Crippen molar-refractivity contribution in [2.75, 3.05) is 26.2 Å². The Balaban J connectivity index is 2.21. The summed E-state index contributed by atoms with van der Waals surface area (Å²) in [5.41, 5.74) is 0.855. The highest BCUT2D eigenvalue weighted by molar-refractivity contribution is 5.21. The van der Waals surface area contributed by atoms with Gasteiger partial charge in [-0.25, -0.2) is 4.39 Å². The molecule has 1 aromatic carbocycles. The van der Waals surface area contributed by atoms with Crippen molar-refractivity contribution in [3.63, 3.8) is 0 Å². The molecular weight excluding hydrogens is 227 g/mol. The van der Waals surface area contributed by atoms with E-state index in [9.17, 15) is 4.39 Å². The van der Waals surface area contributed by atoms with Gasteiger partial charge in [0.15, 0.2) is 0 Å². The monoisotopic (exact) mass is 250 g/mol. The molecule has 100 valence electrons. The molecule has 0 amide bonds. The van der Waals surface area contributed by atoms with Gasteiger partial charge in [0.1, 0.15) is 5.82 Å². The number of nitrogens with zero attached hydrogens (tertiary/aromatic N) is 1. The van der Waals surface area contributed by atoms with Crippen molar-refractivity contribution in [2.45, 2.75) is 26.3 Å². The van der Waals surface area contributed by atoms with E-state index in [0.717, 1.165) is 38.2 Å². The molecule has 0 radical (unpaired) electrons. The molecule has 18 heavy (non-hydrogen) atoms. The molecule has 1 atom stereocenters. The largest absolute Gasteiger partial charge is 0.314 e. The fourth-order valence-corrected chi connectivity index (χ4v) is 2.66. The van der Waals surface area contributed by atoms with Crippen LogP contribution in [-0.2, 0) is 0 Å². The van der Waals surface area contributed by atoms with Crippen LogP contribution >= 0.6 is 0 Å². The number of rotatable bonds is 4. The lowest BCUT2D eigenvalue weighted by atomic mass is 9.94. The van der Waals surface area contributed by atoms with Crippen LogP contribution in [0, 0.1) is 11.7 Å². The average Bonchev–Trinajstić information content (AvgIpc) is 2.38. The number of hydrogen-bond acceptors (Lipinski definition) is 2. The molecule has 0 bridgehead atoms. The van der Waals surface area contributed by atoms with Crippen molar-refractivity contribution in [1.82, 2.24) is 10.2 Å². The van der Waals surface area contributed by atoms with Gasteiger partial charge >= 0.3 is 0 Å². The molecule has 1 N–H and O–H groups in total. The topological polar surface area (TPSA) is 15.3 Å². The van der Waals surface area contributed by atoms with Gasteiger partial charge in [-0.15, -0.1) is 0 Å². The highest BCUT2D eigenvalue weighted by Gasteiger charge is 2.24. The zero-order chi connectivity index (χ0) is 13.0. The smallest absolute Gasteiger partial charge is 0.127 e. The Labute approximate surface area is 109 Å². The Morgan fingerprint density at radius 2 is 1.89 bits per heavy atom. The van der Waals surface area contributed by atoms with Crippen LogP contribution in [-0.4, -0.2) is 31.1 Å². The fraction of sp³-hybridized carbons (Fsp3) is 0.600. The van der Waals surface area contributed by atoms with E-state index in [1.807, 2.05) is 12.1 Å². The normalized spacial score (nSPS) is 19.1. The van der Waals surface area contributed by atoms with E-state index in [0.29, 0.717) is 5.92 Å². The minimum atomic E-state index is -0.0679. The van der Waals surface area contributed by atoms with E-state index >= 15 is 0 Å². The molecule has 3 heteroatoms. The second-order valence-electron chi connectivity index (χ2n) is 5.45. The van der Waals surface area contributed by atoms with Crippen LogP contribution in [0.25, 0.3) is 0 Å². The quantitative estimate of drug-likeness (QED) is 0.884. The van der Waals surface area contributed by atoms with Gasteiger partial charge in [-0.1, -0.05) is 32.0 Å². The van der Waals surface area contributed by atoms with Crippen LogP contribution in [0.1, 0.15) is 31.9 Å². The molecule has 0 saturated carbocycles. The van der Waals surface area contributed by atoms with Crippen LogP contribution < -0.4 is 5.32 Å². The SMILES string of the molecule is CC(C)C[C@@H](c1ccccc1F)N1CCNCC1. The minimum absolute atomic E-state index is 0.0679. The first kappa shape index (κ1) is 13.5. The molecule has 1 heterocycles. The lowest BCUT2D eigenvalue weighted by molar-refractivity contribution is 0.151. The maximum absolute atomic E-state index is 14.0. The third-order valence-corrected chi connectivity index (χ3v) is 3.55. The number of benzene rings is 1. The van der Waals surface area contributed by atoms with E-state index in [1.54, 1.807) is 12.1 Å². The van der Waals surface area contributed by atoms with Gasteiger partial charge in [0, 0.05) is 37.8 Å². The summed E-state index contributed by atoms with van der Waals surface area (Å²) < 4.78 is 14.0. The standard InChI is InChI=1S/C15H23FN2/c1-12(2)11-15(18-9-7-17-8-10-18)13-5-3-4-6-14(13)16/h3-6,12,15,17H,7-11H2,1-2H3/t15-/m0/s1. The fourth-order valence-electron chi connectivity index (χ4n) is 2.66. The highest BCUT2D eigenvalue weighted by atomic mass is 19.1. The van der Waals surface area contributed by atoms with Crippen LogP contribution in [0.4, 0.5) is 4.39 Å². The molecule has 0 aliphatic carbocycles. The third-order valence-electron chi connectivity index (χ3n) is 3.55. The Morgan fingerprint density at radius 1 is 1.22 bits per heavy atom. The summed E-state index contributed by atoms with van der Waals surface area (Å²) in [7, 11) is 0. The van der Waals surface area contributed by atoms with E-state index in [-0.39, 0.29) is 11.9 Å². The van der Waals surface area contributed by atoms with Crippen LogP contribution in [0.2, 0.25) is 0 Å². The van der Waals surface area contributed by atoms with Gasteiger partial charge in [-0.2, -0.15) is 0 Å². The maximum Gasteiger partial charge on any atom is 0.127 e. The Morgan fingerprint density at radius 3 is 2.50 bits per heavy atom. The summed E-state index contributed by atoms with van der Waals surface area (Å²) in [5.74, 6) is 0.506. The summed E-state index contributed by atoms with van der Waals surface area (Å²) in [5, 5.41) is 3.35. The lowest BCUT2D eigenvalue weighted by Crippen LogP contribution is -2.45. The summed E-state index contributed by atoms with van der Waals surface area (Å²) in [6, 6.07) is 7.43. The van der Waals surface area contributed by atoms with Gasteiger partial charge < -0.3 is 5.32 Å². The molecule has 1 aliphatic heterocycles. The van der Waals surface area contributed by atoms with Crippen molar-refractivity contribution < 1.29 is 4.39 Å². The van der Waals surface area contributed by atoms with Gasteiger partial charge in [0.2, 0.25) is 0 Å². The summed E-state index contributed by atoms with van der Waals surface area (Å²) in [4.78, 5) is 2.41.